The molecule has 5 aromatic heterocycles. The van der Waals surface area contributed by atoms with E-state index in [1.165, 1.54) is 22.3 Å². The maximum atomic E-state index is 10.7. The van der Waals surface area contributed by atoms with E-state index in [4.69, 9.17) is 9.97 Å². The highest BCUT2D eigenvalue weighted by atomic mass is 16.3. The van der Waals surface area contributed by atoms with Crippen molar-refractivity contribution < 1.29 is 5.11 Å². The van der Waals surface area contributed by atoms with Crippen molar-refractivity contribution in [3.8, 4) is 44.5 Å². The Morgan fingerprint density at radius 2 is 0.711 bits per heavy atom. The molecule has 2 unspecified atom stereocenters. The van der Waals surface area contributed by atoms with E-state index >= 15 is 0 Å². The molecule has 0 radical (unpaired) electrons. The van der Waals surface area contributed by atoms with Crippen molar-refractivity contribution in [1.82, 2.24) is 29.9 Å². The van der Waals surface area contributed by atoms with Crippen LogP contribution in [-0.2, 0) is 0 Å². The molecule has 8 bridgehead atoms. The van der Waals surface area contributed by atoms with Crippen molar-refractivity contribution in [2.75, 3.05) is 0 Å². The third-order valence-corrected chi connectivity index (χ3v) is 14.4. The van der Waals surface area contributed by atoms with Crippen LogP contribution in [0, 0.1) is 20.8 Å². The topological polar surface area (TPSA) is 109 Å². The number of H-pyrrole nitrogens is 4. The van der Waals surface area contributed by atoms with Crippen LogP contribution < -0.4 is 0 Å². The second-order valence-corrected chi connectivity index (χ2v) is 19.6. The van der Waals surface area contributed by atoms with Crippen molar-refractivity contribution in [2.45, 2.75) is 32.8 Å². The highest BCUT2D eigenvalue weighted by molar-refractivity contribution is 5.99. The van der Waals surface area contributed by atoms with Gasteiger partial charge in [0.2, 0.25) is 0 Å². The quantitative estimate of drug-likeness (QED) is 0.0994. The van der Waals surface area contributed by atoms with Gasteiger partial charge in [-0.1, -0.05) is 180 Å². The molecule has 5 N–H and O–H groups in total. The monoisotopic (exact) mass is 984 g/mol. The first-order chi connectivity index (χ1) is 37.3. The van der Waals surface area contributed by atoms with E-state index < -0.39 is 6.10 Å². The molecule has 0 saturated carbocycles. The molecule has 0 amide bonds. The van der Waals surface area contributed by atoms with Crippen LogP contribution in [0.3, 0.4) is 0 Å². The summed E-state index contributed by atoms with van der Waals surface area (Å²) in [7, 11) is 0. The Morgan fingerprint density at radius 1 is 0.329 bits per heavy atom. The number of aromatic amines is 4. The maximum absolute atomic E-state index is 10.7. The average molecular weight is 985 g/mol. The van der Waals surface area contributed by atoms with E-state index in [0.29, 0.717) is 0 Å². The molecule has 7 nitrogen and oxygen atoms in total. The Kier molecular flexibility index (Phi) is 13.0. The molecular weight excluding hydrogens is 929 g/mol. The van der Waals surface area contributed by atoms with E-state index in [1.807, 2.05) is 55.6 Å². The Labute approximate surface area is 442 Å². The summed E-state index contributed by atoms with van der Waals surface area (Å²) in [5, 5.41) is 10.7. The number of aliphatic hydroxyl groups excluding tert-OH is 1. The Balaban J connectivity index is 0.000000188. The van der Waals surface area contributed by atoms with E-state index in [-0.39, 0.29) is 5.92 Å². The molecule has 0 fully saturated rings. The van der Waals surface area contributed by atoms with Crippen LogP contribution in [0.25, 0.3) is 90.9 Å². The summed E-state index contributed by atoms with van der Waals surface area (Å²) < 4.78 is 0. The van der Waals surface area contributed by atoms with E-state index in [9.17, 15) is 5.11 Å². The number of hydrogen-bond acceptors (Lipinski definition) is 3. The number of benzene rings is 6. The molecule has 0 spiro atoms. The van der Waals surface area contributed by atoms with Gasteiger partial charge >= 0.3 is 0 Å². The van der Waals surface area contributed by atoms with Crippen molar-refractivity contribution in [2.24, 2.45) is 0 Å². The second-order valence-electron chi connectivity index (χ2n) is 19.6. The van der Waals surface area contributed by atoms with Gasteiger partial charge in [0.25, 0.3) is 0 Å². The van der Waals surface area contributed by atoms with Gasteiger partial charge in [-0.3, -0.25) is 0 Å². The van der Waals surface area contributed by atoms with Gasteiger partial charge in [-0.15, -0.1) is 0 Å². The summed E-state index contributed by atoms with van der Waals surface area (Å²) in [6, 6.07) is 73.6. The molecule has 2 atom stereocenters. The molecular formula is C69H56N6O. The standard InChI is InChI=1S/C46H34N4.C23H22N2O/c1-29-13-17-33(18-14-29)45-39-25-21-35(47-39)43(31-9-5-3-6-10-31)37-23-27-41(49-37)46(34-19-15-30(2)16-20-34)42-28-24-38(50-42)44(32-11-7-4-8-12-32)36-22-26-40(45)48-36;1-16-9-11-18(12-10-16)23(26)21-14-13-20(25-21)22(19-8-5-15-24-19)17-6-3-2-4-7-17/h3-28,47,50H,1-2H3;2-15,22-26H,1H3. The normalized spacial score (nSPS) is 12.5. The maximum Gasteiger partial charge on any atom is 0.119 e. The second kappa shape index (κ2) is 20.7. The summed E-state index contributed by atoms with van der Waals surface area (Å²) in [4.78, 5) is 25.2. The van der Waals surface area contributed by atoms with Crippen LogP contribution >= 0.6 is 0 Å². The van der Waals surface area contributed by atoms with Crippen LogP contribution in [0.4, 0.5) is 0 Å². The molecule has 76 heavy (non-hydrogen) atoms. The van der Waals surface area contributed by atoms with Crippen LogP contribution in [-0.4, -0.2) is 35.0 Å². The lowest BCUT2D eigenvalue weighted by Gasteiger charge is -2.16. The summed E-state index contributed by atoms with van der Waals surface area (Å²) >= 11 is 0. The minimum absolute atomic E-state index is 0.0742. The Hall–Kier alpha value is -9.56. The number of hydrogen-bond donors (Lipinski definition) is 5. The molecule has 368 valence electrons. The van der Waals surface area contributed by atoms with Crippen molar-refractivity contribution in [1.29, 1.82) is 0 Å². The van der Waals surface area contributed by atoms with Gasteiger partial charge in [-0.05, 0) is 127 Å². The Bertz CT molecular complexity index is 3870. The predicted molar refractivity (Wildman–Crippen MR) is 314 cm³/mol. The third-order valence-electron chi connectivity index (χ3n) is 14.4. The minimum atomic E-state index is -0.663. The summed E-state index contributed by atoms with van der Waals surface area (Å²) in [5.74, 6) is 0.0742. The van der Waals surface area contributed by atoms with E-state index in [1.54, 1.807) is 0 Å². The Morgan fingerprint density at radius 3 is 1.12 bits per heavy atom. The van der Waals surface area contributed by atoms with Crippen LogP contribution in [0.1, 0.15) is 79.7 Å². The molecule has 11 aromatic rings. The van der Waals surface area contributed by atoms with Crippen molar-refractivity contribution >= 4 is 46.4 Å². The summed E-state index contributed by atoms with van der Waals surface area (Å²) in [6.45, 7) is 6.28. The van der Waals surface area contributed by atoms with Crippen LogP contribution in [0.2, 0.25) is 0 Å². The zero-order valence-corrected chi connectivity index (χ0v) is 42.6. The smallest absolute Gasteiger partial charge is 0.119 e. The number of nitrogens with zero attached hydrogens (tertiary/aromatic N) is 2. The number of aromatic nitrogens is 6. The van der Waals surface area contributed by atoms with Gasteiger partial charge in [0.15, 0.2) is 0 Å². The van der Waals surface area contributed by atoms with Gasteiger partial charge < -0.3 is 25.0 Å². The molecule has 2 aliphatic rings. The molecule has 0 saturated heterocycles. The van der Waals surface area contributed by atoms with Gasteiger partial charge in [-0.2, -0.15) is 0 Å². The van der Waals surface area contributed by atoms with Crippen molar-refractivity contribution in [3.63, 3.8) is 0 Å². The highest BCUT2D eigenvalue weighted by Gasteiger charge is 2.22. The van der Waals surface area contributed by atoms with Gasteiger partial charge in [0, 0.05) is 67.6 Å². The van der Waals surface area contributed by atoms with Crippen LogP contribution in [0.5, 0.6) is 0 Å². The zero-order chi connectivity index (χ0) is 51.5. The fourth-order valence-corrected chi connectivity index (χ4v) is 10.5. The average Bonchev–Trinajstić information content (AvgIpc) is 4.34. The molecule has 7 heterocycles. The third kappa shape index (κ3) is 9.59. The van der Waals surface area contributed by atoms with Gasteiger partial charge in [0.1, 0.15) is 6.10 Å². The van der Waals surface area contributed by atoms with Gasteiger partial charge in [-0.25, -0.2) is 9.97 Å². The van der Waals surface area contributed by atoms with Crippen molar-refractivity contribution in [3.05, 3.63) is 286 Å². The predicted octanol–water partition coefficient (Wildman–Crippen LogP) is 16.9. The fraction of sp³-hybridized carbons (Fsp3) is 0.0725. The molecule has 0 aliphatic carbocycles. The number of nitrogens with one attached hydrogen (secondary N) is 4. The summed E-state index contributed by atoms with van der Waals surface area (Å²) in [5.41, 5.74) is 24.9. The summed E-state index contributed by atoms with van der Waals surface area (Å²) in [6.07, 6.45) is 9.86. The largest absolute Gasteiger partial charge is 0.382 e. The van der Waals surface area contributed by atoms with Crippen LogP contribution in [0.15, 0.2) is 219 Å². The molecule has 2 aliphatic heterocycles. The number of aryl methyl sites for hydroxylation is 3. The molecule has 13 rings (SSSR count). The van der Waals surface area contributed by atoms with E-state index in [2.05, 4.69) is 228 Å². The number of rotatable bonds is 9. The van der Waals surface area contributed by atoms with Gasteiger partial charge in [0.05, 0.1) is 28.7 Å². The fourth-order valence-electron chi connectivity index (χ4n) is 10.5. The molecule has 7 heteroatoms. The first-order valence-corrected chi connectivity index (χ1v) is 25.8. The lowest BCUT2D eigenvalue weighted by molar-refractivity contribution is 0.216. The highest BCUT2D eigenvalue weighted by Crippen LogP contribution is 2.39. The SMILES string of the molecule is Cc1ccc(-c2c3nc(c(-c4ccccc4)c4ccc([nH]4)c(-c4ccc(C)cc4)c4nc(c(-c5ccccc5)c5ccc2[nH]5)C=C4)C=C3)cc1.Cc1ccc(C(O)c2ccc(C(c3ccccc3)c3ccc[nH]3)[nH]2)cc1. The molecule has 6 aromatic carbocycles. The number of aliphatic hydroxyl groups is 1. The number of fused-ring (bicyclic) bond motifs is 8. The zero-order valence-electron chi connectivity index (χ0n) is 42.6. The minimum Gasteiger partial charge on any atom is -0.382 e. The first-order valence-electron chi connectivity index (χ1n) is 25.8. The lowest BCUT2D eigenvalue weighted by Crippen LogP contribution is -2.06. The lowest BCUT2D eigenvalue weighted by atomic mass is 9.93. The van der Waals surface area contributed by atoms with E-state index in [0.717, 1.165) is 112 Å². The first kappa shape index (κ1) is 47.4.